The summed E-state index contributed by atoms with van der Waals surface area (Å²) >= 11 is 0. The zero-order valence-electron chi connectivity index (χ0n) is 12.7. The zero-order chi connectivity index (χ0) is 16.0. The highest BCUT2D eigenvalue weighted by Crippen LogP contribution is 2.45. The smallest absolute Gasteiger partial charge is 0.395 e. The molecule has 1 saturated heterocycles. The van der Waals surface area contributed by atoms with Crippen molar-refractivity contribution in [3.63, 3.8) is 0 Å². The summed E-state index contributed by atoms with van der Waals surface area (Å²) in [7, 11) is 1.78. The number of ether oxygens (including phenoxy) is 2. The Morgan fingerprint density at radius 3 is 2.74 bits per heavy atom. The van der Waals surface area contributed by atoms with Crippen LogP contribution in [0.25, 0.3) is 0 Å². The third-order valence-electron chi connectivity index (χ3n) is 4.63. The molecule has 0 saturated carbocycles. The van der Waals surface area contributed by atoms with Crippen LogP contribution >= 0.6 is 0 Å². The molecule has 1 spiro atoms. The van der Waals surface area contributed by atoms with Gasteiger partial charge in [0, 0.05) is 25.7 Å². The van der Waals surface area contributed by atoms with Gasteiger partial charge in [0.2, 0.25) is 0 Å². The molecule has 1 unspecified atom stereocenters. The van der Waals surface area contributed by atoms with E-state index >= 15 is 0 Å². The number of fused-ring (bicyclic) bond motifs is 1. The van der Waals surface area contributed by atoms with Crippen LogP contribution in [0.4, 0.5) is 5.69 Å². The molecule has 0 aromatic heterocycles. The summed E-state index contributed by atoms with van der Waals surface area (Å²) in [6.07, 6.45) is 1.20. The molecule has 3 heterocycles. The summed E-state index contributed by atoms with van der Waals surface area (Å²) in [5.74, 6) is -2.64. The molecular weight excluding hydrogens is 298 g/mol. The molecule has 23 heavy (non-hydrogen) atoms. The van der Waals surface area contributed by atoms with Crippen molar-refractivity contribution in [2.45, 2.75) is 18.8 Å². The Morgan fingerprint density at radius 2 is 2.04 bits per heavy atom. The predicted molar refractivity (Wildman–Crippen MR) is 81.9 cm³/mol. The quantitative estimate of drug-likeness (QED) is 0.630. The summed E-state index contributed by atoms with van der Waals surface area (Å²) in [6, 6.07) is 7.84. The van der Waals surface area contributed by atoms with Gasteiger partial charge in [0.05, 0.1) is 18.3 Å². The molecule has 120 valence electrons. The minimum atomic E-state index is -1.39. The lowest BCUT2D eigenvalue weighted by atomic mass is 9.86. The first-order chi connectivity index (χ1) is 11.1. The van der Waals surface area contributed by atoms with Gasteiger partial charge in [0.15, 0.2) is 0 Å². The van der Waals surface area contributed by atoms with Crippen LogP contribution in [0, 0.1) is 5.92 Å². The lowest BCUT2D eigenvalue weighted by molar-refractivity contribution is -0.201. The van der Waals surface area contributed by atoms with E-state index in [4.69, 9.17) is 9.47 Å². The van der Waals surface area contributed by atoms with Gasteiger partial charge < -0.3 is 19.7 Å². The summed E-state index contributed by atoms with van der Waals surface area (Å²) in [4.78, 5) is 29.6. The monoisotopic (exact) mass is 315 g/mol. The summed E-state index contributed by atoms with van der Waals surface area (Å²) in [6.45, 7) is 1.54. The Kier molecular flexibility index (Phi) is 3.04. The maximum Gasteiger partial charge on any atom is 0.422 e. The molecule has 7 heteroatoms. The predicted octanol–water partition coefficient (Wildman–Crippen LogP) is 0.441. The molecule has 1 aromatic carbocycles. The molecule has 0 bridgehead atoms. The van der Waals surface area contributed by atoms with E-state index in [1.807, 2.05) is 24.3 Å². The van der Waals surface area contributed by atoms with E-state index in [0.717, 1.165) is 30.2 Å². The van der Waals surface area contributed by atoms with Gasteiger partial charge in [0.1, 0.15) is 0 Å². The first kappa shape index (κ1) is 14.0. The fourth-order valence-corrected chi connectivity index (χ4v) is 3.54. The Labute approximate surface area is 133 Å². The number of aliphatic imine (C=N–C) groups is 1. The summed E-state index contributed by atoms with van der Waals surface area (Å²) < 4.78 is 10.9. The number of nitrogens with one attached hydrogen (secondary N) is 1. The highest BCUT2D eigenvalue weighted by atomic mass is 16.8. The highest BCUT2D eigenvalue weighted by Gasteiger charge is 2.59. The molecule has 3 aliphatic rings. The molecule has 0 radical (unpaired) electrons. The third-order valence-corrected chi connectivity index (χ3v) is 4.63. The normalized spacial score (nSPS) is 24.8. The first-order valence-corrected chi connectivity index (χ1v) is 7.65. The van der Waals surface area contributed by atoms with Crippen LogP contribution in [0.5, 0.6) is 0 Å². The van der Waals surface area contributed by atoms with E-state index in [1.165, 1.54) is 0 Å². The first-order valence-electron chi connectivity index (χ1n) is 7.65. The van der Waals surface area contributed by atoms with Gasteiger partial charge in [-0.1, -0.05) is 18.2 Å². The molecule has 3 aliphatic heterocycles. The van der Waals surface area contributed by atoms with E-state index in [-0.39, 0.29) is 5.92 Å². The molecule has 1 atom stereocenters. The van der Waals surface area contributed by atoms with E-state index in [9.17, 15) is 9.59 Å². The third kappa shape index (κ3) is 2.07. The second-order valence-electron chi connectivity index (χ2n) is 5.96. The van der Waals surface area contributed by atoms with E-state index in [0.29, 0.717) is 12.8 Å². The molecule has 1 fully saturated rings. The summed E-state index contributed by atoms with van der Waals surface area (Å²) in [5.41, 5.74) is 2.02. The number of carbonyl (C=O) groups is 2. The maximum atomic E-state index is 11.7. The molecular formula is C16H17N3O4. The van der Waals surface area contributed by atoms with Crippen molar-refractivity contribution in [1.29, 1.82) is 0 Å². The lowest BCUT2D eigenvalue weighted by Gasteiger charge is -2.45. The van der Waals surface area contributed by atoms with Gasteiger partial charge in [-0.25, -0.2) is 9.59 Å². The second-order valence-corrected chi connectivity index (χ2v) is 5.96. The average molecular weight is 315 g/mol. The molecule has 0 amide bonds. The number of benzene rings is 1. The maximum absolute atomic E-state index is 11.7. The van der Waals surface area contributed by atoms with Crippen molar-refractivity contribution in [1.82, 2.24) is 5.32 Å². The second kappa shape index (κ2) is 4.97. The van der Waals surface area contributed by atoms with Crippen LogP contribution in [-0.4, -0.2) is 43.8 Å². The number of anilines is 1. The van der Waals surface area contributed by atoms with Crippen LogP contribution in [0.2, 0.25) is 0 Å². The van der Waals surface area contributed by atoms with Gasteiger partial charge in [-0.15, -0.1) is 0 Å². The zero-order valence-corrected chi connectivity index (χ0v) is 12.7. The molecule has 1 N–H and O–H groups in total. The van der Waals surface area contributed by atoms with Crippen molar-refractivity contribution in [2.75, 3.05) is 25.0 Å². The van der Waals surface area contributed by atoms with Gasteiger partial charge in [-0.3, -0.25) is 4.99 Å². The Balaban J connectivity index is 1.75. The molecule has 1 aromatic rings. The van der Waals surface area contributed by atoms with Crippen LogP contribution in [0.15, 0.2) is 29.3 Å². The average Bonchev–Trinajstić information content (AvgIpc) is 3.15. The van der Waals surface area contributed by atoms with Gasteiger partial charge in [0.25, 0.3) is 0 Å². The number of carbonyl (C=O) groups excluding carboxylic acids is 2. The minimum Gasteiger partial charge on any atom is -0.395 e. The van der Waals surface area contributed by atoms with Crippen molar-refractivity contribution in [2.24, 2.45) is 10.9 Å². The Bertz CT molecular complexity index is 699. The molecule has 4 rings (SSSR count). The van der Waals surface area contributed by atoms with Gasteiger partial charge in [-0.2, -0.15) is 0 Å². The van der Waals surface area contributed by atoms with Crippen molar-refractivity contribution in [3.8, 4) is 0 Å². The Hall–Kier alpha value is -2.57. The van der Waals surface area contributed by atoms with Gasteiger partial charge >= 0.3 is 17.8 Å². The van der Waals surface area contributed by atoms with E-state index < -0.39 is 17.8 Å². The fourth-order valence-electron chi connectivity index (χ4n) is 3.54. The van der Waals surface area contributed by atoms with Crippen molar-refractivity contribution < 1.29 is 19.1 Å². The van der Waals surface area contributed by atoms with Crippen LogP contribution in [0.3, 0.4) is 0 Å². The topological polar surface area (TPSA) is 80.2 Å². The SMILES string of the molecule is CN1c2ccccc2CC(CC2=NCCN2)C12OC(=O)C(=O)O2. The largest absolute Gasteiger partial charge is 0.422 e. The van der Waals surface area contributed by atoms with Gasteiger partial charge in [-0.05, 0) is 18.1 Å². The molecule has 0 aliphatic carbocycles. The van der Waals surface area contributed by atoms with E-state index in [2.05, 4.69) is 10.3 Å². The number of esters is 2. The Morgan fingerprint density at radius 1 is 1.30 bits per heavy atom. The highest BCUT2D eigenvalue weighted by molar-refractivity contribution is 6.31. The fraction of sp³-hybridized carbons (Fsp3) is 0.438. The van der Waals surface area contributed by atoms with Crippen LogP contribution in [-0.2, 0) is 25.5 Å². The number of hydrogen-bond donors (Lipinski definition) is 1. The number of hydrogen-bond acceptors (Lipinski definition) is 7. The molecule has 7 nitrogen and oxygen atoms in total. The van der Waals surface area contributed by atoms with Crippen molar-refractivity contribution >= 4 is 23.5 Å². The standard InChI is InChI=1S/C16H17N3O4/c1-19-12-5-3-2-4-10(12)8-11(9-13-17-6-7-18-13)16(19)22-14(20)15(21)23-16/h2-5,11H,6-9H2,1H3,(H,17,18). The minimum absolute atomic E-state index is 0.220. The number of rotatable bonds is 2. The number of amidine groups is 1. The van der Waals surface area contributed by atoms with Crippen LogP contribution in [0.1, 0.15) is 12.0 Å². The lowest BCUT2D eigenvalue weighted by Crippen LogP contribution is -2.58. The number of nitrogens with zero attached hydrogens (tertiary/aromatic N) is 2. The van der Waals surface area contributed by atoms with Crippen LogP contribution < -0.4 is 10.2 Å². The summed E-state index contributed by atoms with van der Waals surface area (Å²) in [5, 5.41) is 3.22. The van der Waals surface area contributed by atoms with E-state index in [1.54, 1.807) is 11.9 Å². The van der Waals surface area contributed by atoms with Crippen molar-refractivity contribution in [3.05, 3.63) is 29.8 Å². The number of para-hydroxylation sites is 1.